The van der Waals surface area contributed by atoms with Crippen LogP contribution in [0.1, 0.15) is 174 Å². The predicted molar refractivity (Wildman–Crippen MR) is 358 cm³/mol. The van der Waals surface area contributed by atoms with Crippen molar-refractivity contribution in [2.75, 3.05) is 13.6 Å². The zero-order chi connectivity index (χ0) is 75.8. The van der Waals surface area contributed by atoms with Crippen LogP contribution in [0, 0.1) is 29.6 Å². The van der Waals surface area contributed by atoms with E-state index in [1.807, 2.05) is 6.92 Å². The van der Waals surface area contributed by atoms with Crippen molar-refractivity contribution in [2.45, 2.75) is 283 Å². The molecule has 20 N–H and O–H groups in total. The second-order valence-electron chi connectivity index (χ2n) is 27.7. The van der Waals surface area contributed by atoms with Crippen LogP contribution in [0.5, 0.6) is 0 Å². The molecule has 0 aromatic heterocycles. The van der Waals surface area contributed by atoms with Crippen molar-refractivity contribution in [1.29, 1.82) is 0 Å². The fourth-order valence-corrected chi connectivity index (χ4v) is 11.5. The van der Waals surface area contributed by atoms with Gasteiger partial charge in [0, 0.05) is 32.5 Å². The van der Waals surface area contributed by atoms with Crippen molar-refractivity contribution in [3.05, 3.63) is 0 Å². The Balaban J connectivity index is 3.01. The van der Waals surface area contributed by atoms with E-state index in [4.69, 9.17) is 11.5 Å². The first-order valence-electron chi connectivity index (χ1n) is 34.3. The van der Waals surface area contributed by atoms with E-state index >= 15 is 0 Å². The lowest BCUT2D eigenvalue weighted by molar-refractivity contribution is -0.148. The fraction of sp³-hybridized carbons (Fsp3) is 0.785. The Morgan fingerprint density at radius 1 is 0.525 bits per heavy atom. The van der Waals surface area contributed by atoms with Crippen molar-refractivity contribution < 1.29 is 97.8 Å². The zero-order valence-corrected chi connectivity index (χ0v) is 59.9. The van der Waals surface area contributed by atoms with Gasteiger partial charge in [0.15, 0.2) is 6.10 Å². The SMILES string of the molecule is CCCCCCC[C@@H]1CC(=O)N[C@@H](C(C)C)C(=O)N[C@H]([C@@H](O)C(C)C)C(=O)N[C@@H](C)C(=O)N[C@H]([C@@H](O)C(C)C)C(=O)N[C@@H](CCC(N)=O)C(=O)N(C)[C@@H]([C@@H](C)CC)C(=O)N[C@H]([C@H](O)C(N)=O)C(=O)N[C@@H]([C@@H](C)O)C(=O)N2CC[C@@H](O)[C@H]2C(=O)N[C@H](CC(C)C)C(=O)N[C@@H]([C@@H](C)O)C(=O)N1. The van der Waals surface area contributed by atoms with Gasteiger partial charge in [-0.1, -0.05) is 115 Å². The molecule has 19 atom stereocenters. The number of nitrogens with two attached hydrogens (primary N) is 2. The van der Waals surface area contributed by atoms with E-state index in [0.29, 0.717) is 12.8 Å². The van der Waals surface area contributed by atoms with Crippen LogP contribution in [-0.2, 0) is 67.1 Å². The molecule has 0 radical (unpaired) electrons. The fourth-order valence-electron chi connectivity index (χ4n) is 11.5. The summed E-state index contributed by atoms with van der Waals surface area (Å²) in [6, 6.07) is -20.9. The van der Waals surface area contributed by atoms with E-state index in [2.05, 4.69) is 53.2 Å². The van der Waals surface area contributed by atoms with Crippen molar-refractivity contribution in [3.63, 3.8) is 0 Å². The molecule has 2 aliphatic heterocycles. The number of unbranched alkanes of at least 4 members (excludes halogenated alkanes) is 4. The number of aliphatic hydroxyl groups is 6. The highest BCUT2D eigenvalue weighted by Crippen LogP contribution is 2.23. The second kappa shape index (κ2) is 41.2. The predicted octanol–water partition coefficient (Wildman–Crippen LogP) is -4.94. The summed E-state index contributed by atoms with van der Waals surface area (Å²) in [6.07, 6.45) is -9.14. The molecule has 0 spiro atoms. The number of rotatable bonds is 22. The molecule has 0 aliphatic carbocycles. The largest absolute Gasteiger partial charge is 0.391 e. The molecular weight excluding hydrogens is 1300 g/mol. The number of aliphatic hydroxyl groups excluding tert-OH is 6. The monoisotopic (exact) mass is 1410 g/mol. The Kier molecular flexibility index (Phi) is 36.4. The van der Waals surface area contributed by atoms with Crippen LogP contribution in [0.4, 0.5) is 0 Å². The van der Waals surface area contributed by atoms with Crippen molar-refractivity contribution in [2.24, 2.45) is 41.1 Å². The number of carbonyl (C=O) groups excluding carboxylic acids is 14. The third-order valence-corrected chi connectivity index (χ3v) is 17.7. The summed E-state index contributed by atoms with van der Waals surface area (Å²) < 4.78 is 0. The summed E-state index contributed by atoms with van der Waals surface area (Å²) in [5, 5.41) is 92.1. The van der Waals surface area contributed by atoms with Crippen molar-refractivity contribution >= 4 is 82.7 Å². The molecule has 2 rings (SSSR count). The maximum absolute atomic E-state index is 14.8. The highest BCUT2D eigenvalue weighted by atomic mass is 16.3. The smallest absolute Gasteiger partial charge is 0.248 e. The van der Waals surface area contributed by atoms with E-state index in [9.17, 15) is 97.8 Å². The minimum atomic E-state index is -2.60. The molecule has 34 heteroatoms. The topological polar surface area (TPSA) is 539 Å². The van der Waals surface area contributed by atoms with Crippen molar-refractivity contribution in [3.8, 4) is 0 Å². The lowest BCUT2D eigenvalue weighted by Crippen LogP contribution is -2.66. The van der Waals surface area contributed by atoms with E-state index in [1.54, 1.807) is 34.6 Å². The molecule has 2 heterocycles. The van der Waals surface area contributed by atoms with Crippen LogP contribution in [0.3, 0.4) is 0 Å². The molecule has 99 heavy (non-hydrogen) atoms. The van der Waals surface area contributed by atoms with Crippen LogP contribution < -0.4 is 64.6 Å². The highest BCUT2D eigenvalue weighted by Gasteiger charge is 2.48. The van der Waals surface area contributed by atoms with Gasteiger partial charge in [0.25, 0.3) is 0 Å². The van der Waals surface area contributed by atoms with Crippen LogP contribution in [0.2, 0.25) is 0 Å². The quantitative estimate of drug-likeness (QED) is 0.0452. The molecular formula is C65H114N14O20. The van der Waals surface area contributed by atoms with Crippen LogP contribution >= 0.6 is 0 Å². The van der Waals surface area contributed by atoms with E-state index in [0.717, 1.165) is 43.0 Å². The standard InChI is InChI=1S/C65H114N14O20/c1-16-18-19-20-21-22-37-28-42(84)72-43(30(5)6)57(91)76-46(51(85)31(7)8)59(93)68-34(12)55(89)75-47(52(86)32(9)10)60(94)70-38(23-24-41(66)83)64(98)78(15)49(33(11)17-2)62(96)77-48(53(87)54(67)88)61(95)74-45(36(14)81)65(99)79-26-25-40(82)50(79)63(97)71-39(27-29(3)4)56(90)73-44(35(13)80)58(92)69-37/h29-40,43-53,80-82,85-87H,16-28H2,1-15H3,(H2,66,83)(H2,67,88)(H,68,93)(H,69,92)(H,70,94)(H,71,97)(H,72,84)(H,73,90)(H,74,95)(H,75,89)(H,76,91)(H,77,96)/t33-,34-,35+,36+,37+,38-,39+,40+,43-,44-,45-,46+,47+,48+,49-,50-,51-,52-,53-/m0/s1. The number of nitrogens with zero attached hydrogens (tertiary/aromatic N) is 2. The van der Waals surface area contributed by atoms with E-state index in [-0.39, 0.29) is 31.6 Å². The number of hydrogen-bond donors (Lipinski definition) is 18. The first-order chi connectivity index (χ1) is 46.0. The molecule has 564 valence electrons. The number of likely N-dealkylation sites (N-methyl/N-ethyl adjacent to an activating group) is 1. The Hall–Kier alpha value is -7.66. The van der Waals surface area contributed by atoms with Gasteiger partial charge in [-0.3, -0.25) is 67.1 Å². The lowest BCUT2D eigenvalue weighted by atomic mass is 9.94. The number of primary amides is 2. The van der Waals surface area contributed by atoms with Crippen LogP contribution in [0.15, 0.2) is 0 Å². The first-order valence-corrected chi connectivity index (χ1v) is 34.3. The molecule has 0 aromatic rings. The van der Waals surface area contributed by atoms with Gasteiger partial charge in [-0.25, -0.2) is 0 Å². The normalized spacial score (nSPS) is 28.5. The molecule has 0 aromatic carbocycles. The number of hydrogen-bond acceptors (Lipinski definition) is 20. The summed E-state index contributed by atoms with van der Waals surface area (Å²) in [7, 11) is 1.09. The minimum Gasteiger partial charge on any atom is -0.391 e. The molecule has 0 saturated carbocycles. The summed E-state index contributed by atoms with van der Waals surface area (Å²) in [6.45, 7) is 20.6. The van der Waals surface area contributed by atoms with Gasteiger partial charge in [-0.05, 0) is 76.0 Å². The van der Waals surface area contributed by atoms with Gasteiger partial charge >= 0.3 is 0 Å². The zero-order valence-electron chi connectivity index (χ0n) is 59.9. The van der Waals surface area contributed by atoms with E-state index < -0.39 is 241 Å². The highest BCUT2D eigenvalue weighted by molar-refractivity contribution is 6.01. The lowest BCUT2D eigenvalue weighted by Gasteiger charge is -2.36. The molecule has 34 nitrogen and oxygen atoms in total. The van der Waals surface area contributed by atoms with Gasteiger partial charge in [0.2, 0.25) is 82.7 Å². The average Bonchev–Trinajstić information content (AvgIpc) is 1.72. The minimum absolute atomic E-state index is 0.0874. The summed E-state index contributed by atoms with van der Waals surface area (Å²) >= 11 is 0. The maximum Gasteiger partial charge on any atom is 0.248 e. The summed E-state index contributed by atoms with van der Waals surface area (Å²) in [5.74, 6) is -19.6. The van der Waals surface area contributed by atoms with Gasteiger partial charge in [0.05, 0.1) is 30.5 Å². The third kappa shape index (κ3) is 26.4. The average molecular weight is 1410 g/mol. The molecule has 2 aliphatic rings. The van der Waals surface area contributed by atoms with Gasteiger partial charge in [-0.15, -0.1) is 0 Å². The van der Waals surface area contributed by atoms with Gasteiger partial charge in [-0.2, -0.15) is 0 Å². The Bertz CT molecular complexity index is 2790. The Labute approximate surface area is 579 Å². The second-order valence-corrected chi connectivity index (χ2v) is 27.7. The molecule has 0 unspecified atom stereocenters. The van der Waals surface area contributed by atoms with Gasteiger partial charge < -0.3 is 105 Å². The third-order valence-electron chi connectivity index (χ3n) is 17.7. The van der Waals surface area contributed by atoms with Crippen molar-refractivity contribution in [1.82, 2.24) is 63.0 Å². The maximum atomic E-state index is 14.8. The Morgan fingerprint density at radius 2 is 1.01 bits per heavy atom. The summed E-state index contributed by atoms with van der Waals surface area (Å²) in [5.41, 5.74) is 11.0. The number of nitrogens with one attached hydrogen (secondary N) is 10. The van der Waals surface area contributed by atoms with Gasteiger partial charge in [0.1, 0.15) is 66.5 Å². The molecule has 2 saturated heterocycles. The molecule has 14 amide bonds. The van der Waals surface area contributed by atoms with Crippen LogP contribution in [-0.4, -0.2) is 246 Å². The number of carbonyl (C=O) groups is 14. The number of amides is 14. The number of fused-ring (bicyclic) bond motifs is 1. The van der Waals surface area contributed by atoms with Crippen LogP contribution in [0.25, 0.3) is 0 Å². The Morgan fingerprint density at radius 3 is 1.52 bits per heavy atom. The molecule has 0 bridgehead atoms. The first kappa shape index (κ1) is 87.4. The molecule has 2 fully saturated rings. The van der Waals surface area contributed by atoms with E-state index in [1.165, 1.54) is 48.5 Å². The summed E-state index contributed by atoms with van der Waals surface area (Å²) in [4.78, 5) is 199.